The van der Waals surface area contributed by atoms with Crippen molar-refractivity contribution in [3.63, 3.8) is 0 Å². The first-order chi connectivity index (χ1) is 13.4. The van der Waals surface area contributed by atoms with Crippen molar-refractivity contribution >= 4 is 29.1 Å². The fraction of sp³-hybridized carbons (Fsp3) is 0.650. The van der Waals surface area contributed by atoms with E-state index in [1.165, 1.54) is 12.5 Å². The van der Waals surface area contributed by atoms with Gasteiger partial charge >= 0.3 is 0 Å². The summed E-state index contributed by atoms with van der Waals surface area (Å²) in [6.07, 6.45) is 2.97. The number of aliphatic hydroxyl groups excluding tert-OH is 1. The highest BCUT2D eigenvalue weighted by Crippen LogP contribution is 2.40. The standard InChI is InChI=1S/C20H29N3O4S/c1-15(24)21-11-19(27)23-12-17(25)10-20(14-23)5-7-22(8-6-20)18(26)3-2-16-4-9-28-13-16/h4,9,13,17,25H,2-3,5-8,10-12,14H2,1H3,(H,21,24). The van der Waals surface area contributed by atoms with Gasteiger partial charge in [0.15, 0.2) is 0 Å². The summed E-state index contributed by atoms with van der Waals surface area (Å²) in [5.41, 5.74) is 1.06. The number of rotatable bonds is 5. The van der Waals surface area contributed by atoms with Crippen LogP contribution in [0.25, 0.3) is 0 Å². The van der Waals surface area contributed by atoms with Crippen molar-refractivity contribution in [3.8, 4) is 0 Å². The fourth-order valence-electron chi connectivity index (χ4n) is 4.29. The van der Waals surface area contributed by atoms with Crippen LogP contribution in [0.1, 0.15) is 38.2 Å². The Kier molecular flexibility index (Phi) is 6.72. The lowest BCUT2D eigenvalue weighted by Gasteiger charge is -2.49. The van der Waals surface area contributed by atoms with Crippen LogP contribution in [0.3, 0.4) is 0 Å². The van der Waals surface area contributed by atoms with Crippen molar-refractivity contribution in [2.24, 2.45) is 5.41 Å². The minimum absolute atomic E-state index is 0.0364. The van der Waals surface area contributed by atoms with E-state index in [2.05, 4.69) is 16.8 Å². The summed E-state index contributed by atoms with van der Waals surface area (Å²) in [6.45, 7) is 3.57. The van der Waals surface area contributed by atoms with Crippen LogP contribution in [0.15, 0.2) is 16.8 Å². The Labute approximate surface area is 169 Å². The van der Waals surface area contributed by atoms with E-state index >= 15 is 0 Å². The molecule has 2 aliphatic rings. The third kappa shape index (κ3) is 5.32. The minimum atomic E-state index is -0.559. The maximum Gasteiger partial charge on any atom is 0.242 e. The van der Waals surface area contributed by atoms with E-state index in [1.807, 2.05) is 10.3 Å². The second-order valence-electron chi connectivity index (χ2n) is 8.05. The van der Waals surface area contributed by atoms with Gasteiger partial charge in [-0.3, -0.25) is 14.4 Å². The number of hydrogen-bond acceptors (Lipinski definition) is 5. The van der Waals surface area contributed by atoms with Gasteiger partial charge in [-0.15, -0.1) is 0 Å². The number of nitrogens with one attached hydrogen (secondary N) is 1. The Bertz CT molecular complexity index is 698. The molecule has 154 valence electrons. The molecule has 8 heteroatoms. The summed E-state index contributed by atoms with van der Waals surface area (Å²) in [6, 6.07) is 2.05. The van der Waals surface area contributed by atoms with Gasteiger partial charge in [0.25, 0.3) is 0 Å². The highest BCUT2D eigenvalue weighted by molar-refractivity contribution is 7.07. The molecule has 2 saturated heterocycles. The van der Waals surface area contributed by atoms with Crippen LogP contribution in [0, 0.1) is 5.41 Å². The van der Waals surface area contributed by atoms with Gasteiger partial charge in [0.1, 0.15) is 0 Å². The summed E-state index contributed by atoms with van der Waals surface area (Å²) < 4.78 is 0. The number of aliphatic hydroxyl groups is 1. The number of β-amino-alcohol motifs (C(OH)–C–C–N with tert-alkyl or cyclic N) is 1. The molecule has 0 bridgehead atoms. The van der Waals surface area contributed by atoms with Gasteiger partial charge in [-0.05, 0) is 53.5 Å². The topological polar surface area (TPSA) is 89.9 Å². The number of likely N-dealkylation sites (tertiary alicyclic amines) is 2. The van der Waals surface area contributed by atoms with E-state index in [-0.39, 0.29) is 29.7 Å². The second kappa shape index (κ2) is 9.05. The van der Waals surface area contributed by atoms with Crippen LogP contribution in [0.2, 0.25) is 0 Å². The largest absolute Gasteiger partial charge is 0.391 e. The molecule has 2 aliphatic heterocycles. The van der Waals surface area contributed by atoms with Gasteiger partial charge in [0.2, 0.25) is 17.7 Å². The van der Waals surface area contributed by atoms with Crippen molar-refractivity contribution < 1.29 is 19.5 Å². The molecule has 0 aromatic carbocycles. The van der Waals surface area contributed by atoms with Crippen molar-refractivity contribution in [1.82, 2.24) is 15.1 Å². The first-order valence-electron chi connectivity index (χ1n) is 9.86. The summed E-state index contributed by atoms with van der Waals surface area (Å²) >= 11 is 1.65. The van der Waals surface area contributed by atoms with E-state index in [9.17, 15) is 19.5 Å². The molecule has 3 amide bonds. The molecule has 3 heterocycles. The zero-order chi connectivity index (χ0) is 20.1. The van der Waals surface area contributed by atoms with Crippen molar-refractivity contribution in [2.45, 2.75) is 45.1 Å². The van der Waals surface area contributed by atoms with Gasteiger partial charge in [0.05, 0.1) is 12.6 Å². The van der Waals surface area contributed by atoms with Crippen molar-refractivity contribution in [1.29, 1.82) is 0 Å². The first kappa shape index (κ1) is 20.8. The average molecular weight is 408 g/mol. The van der Waals surface area contributed by atoms with E-state index in [0.717, 1.165) is 19.3 Å². The molecular weight excluding hydrogens is 378 g/mol. The third-order valence-corrected chi connectivity index (χ3v) is 6.58. The lowest BCUT2D eigenvalue weighted by Crippen LogP contribution is -2.57. The van der Waals surface area contributed by atoms with Gasteiger partial charge in [-0.2, -0.15) is 11.3 Å². The van der Waals surface area contributed by atoms with E-state index < -0.39 is 6.10 Å². The van der Waals surface area contributed by atoms with Crippen LogP contribution in [0.4, 0.5) is 0 Å². The molecule has 7 nitrogen and oxygen atoms in total. The first-order valence-corrected chi connectivity index (χ1v) is 10.8. The predicted molar refractivity (Wildman–Crippen MR) is 107 cm³/mol. The number of thiophene rings is 1. The highest BCUT2D eigenvalue weighted by atomic mass is 32.1. The van der Waals surface area contributed by atoms with Gasteiger partial charge < -0.3 is 20.2 Å². The summed E-state index contributed by atoms with van der Waals surface area (Å²) in [7, 11) is 0. The third-order valence-electron chi connectivity index (χ3n) is 5.85. The van der Waals surface area contributed by atoms with Gasteiger partial charge in [0, 0.05) is 39.5 Å². The Morgan fingerprint density at radius 2 is 2.00 bits per heavy atom. The highest BCUT2D eigenvalue weighted by Gasteiger charge is 2.43. The molecule has 2 fully saturated rings. The number of nitrogens with zero attached hydrogens (tertiary/aromatic N) is 2. The van der Waals surface area contributed by atoms with E-state index in [0.29, 0.717) is 39.0 Å². The summed E-state index contributed by atoms with van der Waals surface area (Å²) in [4.78, 5) is 39.5. The van der Waals surface area contributed by atoms with Crippen molar-refractivity contribution in [2.75, 3.05) is 32.7 Å². The number of piperidine rings is 2. The maximum atomic E-state index is 12.5. The zero-order valence-electron chi connectivity index (χ0n) is 16.4. The monoisotopic (exact) mass is 407 g/mol. The van der Waals surface area contributed by atoms with Crippen LogP contribution >= 0.6 is 11.3 Å². The zero-order valence-corrected chi connectivity index (χ0v) is 17.2. The predicted octanol–water partition coefficient (Wildman–Crippen LogP) is 1.02. The molecule has 1 atom stereocenters. The van der Waals surface area contributed by atoms with Crippen LogP contribution < -0.4 is 5.32 Å². The smallest absolute Gasteiger partial charge is 0.242 e. The Balaban J connectivity index is 1.51. The summed E-state index contributed by atoms with van der Waals surface area (Å²) in [5.74, 6) is -0.228. The lowest BCUT2D eigenvalue weighted by molar-refractivity contribution is -0.143. The van der Waals surface area contributed by atoms with Crippen molar-refractivity contribution in [3.05, 3.63) is 22.4 Å². The van der Waals surface area contributed by atoms with Gasteiger partial charge in [-0.1, -0.05) is 0 Å². The molecular formula is C20H29N3O4S. The Hall–Kier alpha value is -1.93. The molecule has 1 aromatic rings. The molecule has 0 aliphatic carbocycles. The molecule has 3 rings (SSSR count). The van der Waals surface area contributed by atoms with Crippen LogP contribution in [0.5, 0.6) is 0 Å². The average Bonchev–Trinajstić information content (AvgIpc) is 3.17. The maximum absolute atomic E-state index is 12.5. The van der Waals surface area contributed by atoms with Crippen LogP contribution in [-0.4, -0.2) is 71.5 Å². The van der Waals surface area contributed by atoms with E-state index in [1.54, 1.807) is 16.2 Å². The number of aryl methyl sites for hydroxylation is 1. The number of carbonyl (C=O) groups excluding carboxylic acids is 3. The SMILES string of the molecule is CC(=O)NCC(=O)N1CC(O)CC2(CCN(C(=O)CCc3ccsc3)CC2)C1. The quantitative estimate of drug-likeness (QED) is 0.763. The molecule has 28 heavy (non-hydrogen) atoms. The molecule has 1 unspecified atom stereocenters. The lowest BCUT2D eigenvalue weighted by atomic mass is 9.71. The fourth-order valence-corrected chi connectivity index (χ4v) is 4.99. The summed E-state index contributed by atoms with van der Waals surface area (Å²) in [5, 5.41) is 17.0. The normalized spacial score (nSPS) is 21.6. The van der Waals surface area contributed by atoms with E-state index in [4.69, 9.17) is 0 Å². The Morgan fingerprint density at radius 1 is 1.25 bits per heavy atom. The Morgan fingerprint density at radius 3 is 2.64 bits per heavy atom. The minimum Gasteiger partial charge on any atom is -0.391 e. The molecule has 1 spiro atoms. The number of amides is 3. The molecule has 0 saturated carbocycles. The number of carbonyl (C=O) groups is 3. The second-order valence-corrected chi connectivity index (χ2v) is 8.83. The number of hydrogen-bond donors (Lipinski definition) is 2. The molecule has 2 N–H and O–H groups in total. The van der Waals surface area contributed by atoms with Gasteiger partial charge in [-0.25, -0.2) is 0 Å². The van der Waals surface area contributed by atoms with Crippen LogP contribution in [-0.2, 0) is 20.8 Å². The molecule has 1 aromatic heterocycles. The molecule has 0 radical (unpaired) electrons.